The second-order valence-corrected chi connectivity index (χ2v) is 6.25. The zero-order valence-electron chi connectivity index (χ0n) is 11.1. The first-order valence-electron chi connectivity index (χ1n) is 6.82. The summed E-state index contributed by atoms with van der Waals surface area (Å²) in [6, 6.07) is 0. The van der Waals surface area contributed by atoms with Crippen LogP contribution >= 0.6 is 0 Å². The third-order valence-electron chi connectivity index (χ3n) is 5.26. The van der Waals surface area contributed by atoms with Crippen LogP contribution in [-0.2, 0) is 9.53 Å². The first-order valence-corrected chi connectivity index (χ1v) is 6.82. The van der Waals surface area contributed by atoms with Gasteiger partial charge in [0.25, 0.3) is 0 Å². The van der Waals surface area contributed by atoms with Crippen LogP contribution < -0.4 is 0 Å². The first-order chi connectivity index (χ1) is 8.84. The number of ether oxygens (including phenoxy) is 1. The lowest BCUT2D eigenvalue weighted by Gasteiger charge is -2.32. The van der Waals surface area contributed by atoms with E-state index in [0.29, 0.717) is 24.8 Å². The Kier molecular flexibility index (Phi) is 2.67. The Hall–Kier alpha value is -1.13. The smallest absolute Gasteiger partial charge is 0.309 e. The van der Waals surface area contributed by atoms with Gasteiger partial charge in [0.05, 0.1) is 17.6 Å². The van der Waals surface area contributed by atoms with Crippen molar-refractivity contribution in [3.63, 3.8) is 0 Å². The highest BCUT2D eigenvalue weighted by Gasteiger charge is 2.57. The van der Waals surface area contributed by atoms with Crippen LogP contribution in [0, 0.1) is 17.8 Å². The molecule has 0 amide bonds. The van der Waals surface area contributed by atoms with Gasteiger partial charge in [0.15, 0.2) is 0 Å². The predicted octanol–water partition coefficient (Wildman–Crippen LogP) is 1.18. The van der Waals surface area contributed by atoms with Gasteiger partial charge in [0.1, 0.15) is 6.10 Å². The molecule has 4 nitrogen and oxygen atoms in total. The van der Waals surface area contributed by atoms with Crippen molar-refractivity contribution in [3.8, 4) is 0 Å². The maximum Gasteiger partial charge on any atom is 0.309 e. The van der Waals surface area contributed by atoms with Gasteiger partial charge in [0, 0.05) is 18.3 Å². The molecule has 3 aliphatic rings. The summed E-state index contributed by atoms with van der Waals surface area (Å²) in [6.07, 6.45) is 0.597. The molecule has 2 N–H and O–H groups in total. The normalized spacial score (nSPS) is 49.6. The van der Waals surface area contributed by atoms with Crippen molar-refractivity contribution < 1.29 is 19.7 Å². The predicted molar refractivity (Wildman–Crippen MR) is 69.1 cm³/mol. The van der Waals surface area contributed by atoms with Gasteiger partial charge in [-0.15, -0.1) is 0 Å². The summed E-state index contributed by atoms with van der Waals surface area (Å²) >= 11 is 0. The summed E-state index contributed by atoms with van der Waals surface area (Å²) in [5.41, 5.74) is 0.179. The quantitative estimate of drug-likeness (QED) is 0.509. The Morgan fingerprint density at radius 1 is 1.42 bits per heavy atom. The van der Waals surface area contributed by atoms with Crippen molar-refractivity contribution in [2.24, 2.45) is 17.8 Å². The number of carbonyl (C=O) groups excluding carboxylic acids is 1. The van der Waals surface area contributed by atoms with Crippen LogP contribution in [0.1, 0.15) is 26.2 Å². The van der Waals surface area contributed by atoms with Crippen molar-refractivity contribution in [2.45, 2.75) is 44.0 Å². The minimum absolute atomic E-state index is 0.0266. The summed E-state index contributed by atoms with van der Waals surface area (Å²) in [4.78, 5) is 11.7. The van der Waals surface area contributed by atoms with Gasteiger partial charge in [-0.1, -0.05) is 25.7 Å². The molecular weight excluding hydrogens is 244 g/mol. The summed E-state index contributed by atoms with van der Waals surface area (Å²) in [5.74, 6) is -0.618. The van der Waals surface area contributed by atoms with Gasteiger partial charge >= 0.3 is 5.97 Å². The van der Waals surface area contributed by atoms with Gasteiger partial charge in [-0.05, 0) is 18.4 Å². The van der Waals surface area contributed by atoms with Gasteiger partial charge in [-0.25, -0.2) is 0 Å². The van der Waals surface area contributed by atoms with E-state index >= 15 is 0 Å². The summed E-state index contributed by atoms with van der Waals surface area (Å²) < 4.78 is 5.40. The number of hydrogen-bond acceptors (Lipinski definition) is 4. The van der Waals surface area contributed by atoms with E-state index in [1.165, 1.54) is 0 Å². The van der Waals surface area contributed by atoms with Gasteiger partial charge in [0.2, 0.25) is 0 Å². The molecule has 3 rings (SSSR count). The van der Waals surface area contributed by atoms with Crippen LogP contribution in [0.2, 0.25) is 0 Å². The molecule has 1 heterocycles. The third kappa shape index (κ3) is 1.63. The van der Waals surface area contributed by atoms with Crippen molar-refractivity contribution in [2.75, 3.05) is 0 Å². The molecule has 0 unspecified atom stereocenters. The largest absolute Gasteiger partial charge is 0.461 e. The number of fused-ring (bicyclic) bond motifs is 2. The molecule has 0 aromatic rings. The highest BCUT2D eigenvalue weighted by Crippen LogP contribution is 2.53. The fourth-order valence-electron chi connectivity index (χ4n) is 3.95. The second-order valence-electron chi connectivity index (χ2n) is 6.25. The van der Waals surface area contributed by atoms with E-state index in [9.17, 15) is 15.0 Å². The van der Waals surface area contributed by atoms with E-state index < -0.39 is 11.7 Å². The fourth-order valence-corrected chi connectivity index (χ4v) is 3.95. The van der Waals surface area contributed by atoms with E-state index in [-0.39, 0.29) is 29.8 Å². The Balaban J connectivity index is 1.99. The summed E-state index contributed by atoms with van der Waals surface area (Å²) in [6.45, 7) is 9.74. The SMILES string of the molecule is C=C1C[C@@H]2OC(=O)[C@@H](C)[C@H]2C[C@]2(O)C(=C)[C@@H](O)C[C@@H]12. The number of rotatable bonds is 0. The molecule has 1 aliphatic heterocycles. The van der Waals surface area contributed by atoms with Crippen LogP contribution in [0.5, 0.6) is 0 Å². The van der Waals surface area contributed by atoms with E-state index in [2.05, 4.69) is 13.2 Å². The average Bonchev–Trinajstić information content (AvgIpc) is 2.68. The van der Waals surface area contributed by atoms with Crippen LogP contribution in [0.15, 0.2) is 24.3 Å². The monoisotopic (exact) mass is 264 g/mol. The molecular formula is C15H20O4. The average molecular weight is 264 g/mol. The molecule has 4 heteroatoms. The molecule has 104 valence electrons. The molecule has 0 bridgehead atoms. The molecule has 19 heavy (non-hydrogen) atoms. The van der Waals surface area contributed by atoms with Crippen molar-refractivity contribution in [1.82, 2.24) is 0 Å². The van der Waals surface area contributed by atoms with Crippen LogP contribution in [0.4, 0.5) is 0 Å². The molecule has 3 fully saturated rings. The van der Waals surface area contributed by atoms with Gasteiger partial charge in [-0.3, -0.25) is 4.79 Å². The van der Waals surface area contributed by atoms with Crippen molar-refractivity contribution >= 4 is 5.97 Å². The molecule has 6 atom stereocenters. The Labute approximate surface area is 112 Å². The molecule has 0 aromatic carbocycles. The summed E-state index contributed by atoms with van der Waals surface area (Å²) in [5, 5.41) is 20.9. The number of aliphatic hydroxyl groups is 2. The Morgan fingerprint density at radius 3 is 2.79 bits per heavy atom. The Morgan fingerprint density at radius 2 is 2.11 bits per heavy atom. The molecule has 2 saturated carbocycles. The Bertz CT molecular complexity index is 469. The standard InChI is InChI=1S/C15H20O4/c1-7-4-13-10(8(2)14(17)19-13)6-15(18)9(3)12(16)5-11(7)15/h8,10-13,16,18H,1,3-6H2,2H3/t8-,10+,11-,12-,13-,15-/m0/s1. The number of carbonyl (C=O) groups is 1. The number of hydrogen-bond donors (Lipinski definition) is 2. The topological polar surface area (TPSA) is 66.8 Å². The van der Waals surface area contributed by atoms with Gasteiger partial charge in [-0.2, -0.15) is 0 Å². The zero-order chi connectivity index (χ0) is 13.9. The van der Waals surface area contributed by atoms with Crippen molar-refractivity contribution in [1.29, 1.82) is 0 Å². The second kappa shape index (κ2) is 3.93. The molecule has 0 spiro atoms. The first kappa shape index (κ1) is 12.9. The van der Waals surface area contributed by atoms with Crippen LogP contribution in [0.3, 0.4) is 0 Å². The highest BCUT2D eigenvalue weighted by molar-refractivity contribution is 5.75. The lowest BCUT2D eigenvalue weighted by Crippen LogP contribution is -2.38. The fraction of sp³-hybridized carbons (Fsp3) is 0.667. The minimum atomic E-state index is -1.14. The lowest BCUT2D eigenvalue weighted by molar-refractivity contribution is -0.143. The molecule has 0 radical (unpaired) electrons. The third-order valence-corrected chi connectivity index (χ3v) is 5.26. The van der Waals surface area contributed by atoms with E-state index in [1.807, 2.05) is 6.92 Å². The molecule has 0 aromatic heterocycles. The van der Waals surface area contributed by atoms with Crippen molar-refractivity contribution in [3.05, 3.63) is 24.3 Å². The molecule has 2 aliphatic carbocycles. The van der Waals surface area contributed by atoms with Crippen LogP contribution in [-0.4, -0.2) is 34.0 Å². The number of aliphatic hydroxyl groups excluding tert-OH is 1. The van der Waals surface area contributed by atoms with E-state index in [4.69, 9.17) is 4.74 Å². The van der Waals surface area contributed by atoms with Gasteiger partial charge < -0.3 is 14.9 Å². The lowest BCUT2D eigenvalue weighted by atomic mass is 9.77. The maximum atomic E-state index is 11.7. The van der Waals surface area contributed by atoms with Crippen LogP contribution in [0.25, 0.3) is 0 Å². The van der Waals surface area contributed by atoms with E-state index in [1.54, 1.807) is 0 Å². The minimum Gasteiger partial charge on any atom is -0.461 e. The maximum absolute atomic E-state index is 11.7. The number of esters is 1. The highest BCUT2D eigenvalue weighted by atomic mass is 16.6. The molecule has 1 saturated heterocycles. The summed E-state index contributed by atoms with van der Waals surface area (Å²) in [7, 11) is 0. The van der Waals surface area contributed by atoms with E-state index in [0.717, 1.165) is 5.57 Å². The zero-order valence-corrected chi connectivity index (χ0v) is 11.1.